The van der Waals surface area contributed by atoms with Gasteiger partial charge in [-0.15, -0.1) is 16.9 Å². The number of fused-ring (bicyclic) bond motifs is 1. The Morgan fingerprint density at radius 3 is 2.90 bits per heavy atom. The fourth-order valence-corrected chi connectivity index (χ4v) is 3.74. The van der Waals surface area contributed by atoms with Crippen molar-refractivity contribution in [1.29, 1.82) is 0 Å². The van der Waals surface area contributed by atoms with Gasteiger partial charge in [0.2, 0.25) is 0 Å². The molecular weight excluding hydrogens is 288 g/mol. The van der Waals surface area contributed by atoms with Gasteiger partial charge < -0.3 is 5.11 Å². The average Bonchev–Trinajstić information content (AvgIpc) is 3.11. The molecule has 3 unspecified atom stereocenters. The highest BCUT2D eigenvalue weighted by molar-refractivity contribution is 7.99. The van der Waals surface area contributed by atoms with Crippen molar-refractivity contribution in [1.82, 2.24) is 20.2 Å². The number of thioether (sulfide) groups is 1. The van der Waals surface area contributed by atoms with Gasteiger partial charge in [-0.25, -0.2) is 4.68 Å². The molecule has 6 nitrogen and oxygen atoms in total. The van der Waals surface area contributed by atoms with Crippen molar-refractivity contribution < 1.29 is 9.90 Å². The molecule has 7 heteroatoms. The lowest BCUT2D eigenvalue weighted by molar-refractivity contribution is -0.142. The van der Waals surface area contributed by atoms with Crippen LogP contribution in [0.15, 0.2) is 29.2 Å². The molecule has 0 saturated carbocycles. The second-order valence-corrected chi connectivity index (χ2v) is 6.51. The molecule has 0 saturated heterocycles. The Morgan fingerprint density at radius 2 is 2.19 bits per heavy atom. The lowest BCUT2D eigenvalue weighted by Gasteiger charge is -2.19. The summed E-state index contributed by atoms with van der Waals surface area (Å²) in [7, 11) is 0. The number of nitrogens with zero attached hydrogens (tertiary/aromatic N) is 4. The Kier molecular flexibility index (Phi) is 3.67. The molecule has 110 valence electrons. The minimum Gasteiger partial charge on any atom is -0.481 e. The maximum absolute atomic E-state index is 11.2. The summed E-state index contributed by atoms with van der Waals surface area (Å²) in [5.41, 5.74) is 1.29. The highest BCUT2D eigenvalue weighted by Crippen LogP contribution is 2.45. The van der Waals surface area contributed by atoms with Crippen LogP contribution in [0.5, 0.6) is 0 Å². The Hall–Kier alpha value is -1.89. The van der Waals surface area contributed by atoms with Crippen molar-refractivity contribution in [2.24, 2.45) is 5.92 Å². The molecule has 1 N–H and O–H groups in total. The summed E-state index contributed by atoms with van der Waals surface area (Å²) in [6, 6.07) is 7.97. The van der Waals surface area contributed by atoms with Crippen LogP contribution in [-0.2, 0) is 11.2 Å². The van der Waals surface area contributed by atoms with Crippen LogP contribution in [0.2, 0.25) is 0 Å². The second-order valence-electron chi connectivity index (χ2n) is 5.27. The van der Waals surface area contributed by atoms with E-state index in [1.807, 2.05) is 19.1 Å². The zero-order chi connectivity index (χ0) is 15.0. The molecule has 1 aliphatic heterocycles. The van der Waals surface area contributed by atoms with Crippen LogP contribution >= 0.6 is 11.8 Å². The third-order valence-corrected chi connectivity index (χ3v) is 5.27. The van der Waals surface area contributed by atoms with Crippen molar-refractivity contribution in [3.63, 3.8) is 0 Å². The molecule has 0 radical (unpaired) electrons. The number of hydrogen-bond donors (Lipinski definition) is 1. The quantitative estimate of drug-likeness (QED) is 0.933. The van der Waals surface area contributed by atoms with Crippen LogP contribution in [0.1, 0.15) is 36.5 Å². The maximum Gasteiger partial charge on any atom is 0.308 e. The van der Waals surface area contributed by atoms with Gasteiger partial charge >= 0.3 is 5.97 Å². The van der Waals surface area contributed by atoms with Gasteiger partial charge in [-0.3, -0.25) is 4.79 Å². The van der Waals surface area contributed by atoms with E-state index in [-0.39, 0.29) is 11.3 Å². The minimum absolute atomic E-state index is 0.140. The van der Waals surface area contributed by atoms with Crippen LogP contribution in [0, 0.1) is 5.92 Å². The number of carboxylic acid groups (broad SMARTS) is 1. The van der Waals surface area contributed by atoms with E-state index in [9.17, 15) is 4.79 Å². The Bertz CT molecular complexity index is 647. The van der Waals surface area contributed by atoms with E-state index in [1.54, 1.807) is 23.4 Å². The summed E-state index contributed by atoms with van der Waals surface area (Å²) in [4.78, 5) is 12.4. The summed E-state index contributed by atoms with van der Waals surface area (Å²) >= 11 is 1.73. The summed E-state index contributed by atoms with van der Waals surface area (Å²) in [5.74, 6) is -0.635. The maximum atomic E-state index is 11.2. The molecule has 2 heterocycles. The van der Waals surface area contributed by atoms with Crippen molar-refractivity contribution in [2.45, 2.75) is 36.5 Å². The number of rotatable bonds is 4. The van der Waals surface area contributed by atoms with Crippen LogP contribution in [0.25, 0.3) is 0 Å². The summed E-state index contributed by atoms with van der Waals surface area (Å²) in [6.07, 6.45) is 0.870. The standard InChI is InChI=1S/C14H16N4O2S/c1-8(14(19)20)9(2)18-13(15-16-17-18)12-7-10-5-3-4-6-11(10)21-12/h3-6,8-9,12H,7H2,1-2H3,(H,19,20). The lowest BCUT2D eigenvalue weighted by Crippen LogP contribution is -2.24. The van der Waals surface area contributed by atoms with Gasteiger partial charge in [0, 0.05) is 4.90 Å². The first-order valence-electron chi connectivity index (χ1n) is 6.83. The molecule has 2 aromatic rings. The van der Waals surface area contributed by atoms with Gasteiger partial charge in [0.05, 0.1) is 17.2 Å². The Morgan fingerprint density at radius 1 is 1.43 bits per heavy atom. The Labute approximate surface area is 126 Å². The smallest absolute Gasteiger partial charge is 0.308 e. The van der Waals surface area contributed by atoms with Crippen molar-refractivity contribution >= 4 is 17.7 Å². The molecule has 0 amide bonds. The summed E-state index contributed by atoms with van der Waals surface area (Å²) < 4.78 is 1.66. The third kappa shape index (κ3) is 2.53. The van der Waals surface area contributed by atoms with E-state index >= 15 is 0 Å². The molecule has 1 aromatic carbocycles. The SMILES string of the molecule is CC(C(=O)O)C(C)n1nnnc1C1Cc2ccccc2S1. The zero-order valence-electron chi connectivity index (χ0n) is 11.8. The monoisotopic (exact) mass is 304 g/mol. The van der Waals surface area contributed by atoms with Gasteiger partial charge in [-0.1, -0.05) is 18.2 Å². The second kappa shape index (κ2) is 5.48. The average molecular weight is 304 g/mol. The number of tetrazole rings is 1. The van der Waals surface area contributed by atoms with Crippen LogP contribution in [0.4, 0.5) is 0 Å². The van der Waals surface area contributed by atoms with E-state index in [4.69, 9.17) is 5.11 Å². The number of benzene rings is 1. The van der Waals surface area contributed by atoms with Gasteiger partial charge in [0.1, 0.15) is 0 Å². The highest BCUT2D eigenvalue weighted by atomic mass is 32.2. The molecule has 0 aliphatic carbocycles. The fraction of sp³-hybridized carbons (Fsp3) is 0.429. The highest BCUT2D eigenvalue weighted by Gasteiger charge is 2.31. The number of hydrogen-bond acceptors (Lipinski definition) is 5. The largest absolute Gasteiger partial charge is 0.481 e. The minimum atomic E-state index is -0.841. The molecule has 1 aliphatic rings. The van der Waals surface area contributed by atoms with Crippen LogP contribution < -0.4 is 0 Å². The van der Waals surface area contributed by atoms with E-state index in [0.29, 0.717) is 0 Å². The fourth-order valence-electron chi connectivity index (χ4n) is 2.45. The molecule has 21 heavy (non-hydrogen) atoms. The van der Waals surface area contributed by atoms with Crippen molar-refractivity contribution in [3.8, 4) is 0 Å². The van der Waals surface area contributed by atoms with Crippen LogP contribution in [0.3, 0.4) is 0 Å². The number of aliphatic carboxylic acids is 1. The molecule has 0 spiro atoms. The lowest BCUT2D eigenvalue weighted by atomic mass is 10.0. The molecule has 1 aromatic heterocycles. The van der Waals surface area contributed by atoms with E-state index in [0.717, 1.165) is 12.2 Å². The van der Waals surface area contributed by atoms with E-state index in [2.05, 4.69) is 27.7 Å². The molecule has 3 atom stereocenters. The Balaban J connectivity index is 1.86. The van der Waals surface area contributed by atoms with Crippen LogP contribution in [-0.4, -0.2) is 31.3 Å². The summed E-state index contributed by atoms with van der Waals surface area (Å²) in [5, 5.41) is 21.2. The summed E-state index contributed by atoms with van der Waals surface area (Å²) in [6.45, 7) is 3.51. The number of carboxylic acids is 1. The van der Waals surface area contributed by atoms with Gasteiger partial charge in [0.15, 0.2) is 5.82 Å². The van der Waals surface area contributed by atoms with E-state index < -0.39 is 11.9 Å². The van der Waals surface area contributed by atoms with Crippen molar-refractivity contribution in [2.75, 3.05) is 0 Å². The topological polar surface area (TPSA) is 80.9 Å². The predicted octanol–water partition coefficient (Wildman–Crippen LogP) is 2.34. The van der Waals surface area contributed by atoms with Gasteiger partial charge in [-0.05, 0) is 42.3 Å². The normalized spacial score (nSPS) is 20.0. The predicted molar refractivity (Wildman–Crippen MR) is 78.1 cm³/mol. The third-order valence-electron chi connectivity index (χ3n) is 3.95. The van der Waals surface area contributed by atoms with Gasteiger partial charge in [0.25, 0.3) is 0 Å². The van der Waals surface area contributed by atoms with Crippen molar-refractivity contribution in [3.05, 3.63) is 35.7 Å². The number of carbonyl (C=O) groups is 1. The first-order valence-corrected chi connectivity index (χ1v) is 7.71. The van der Waals surface area contributed by atoms with E-state index in [1.165, 1.54) is 10.5 Å². The zero-order valence-corrected chi connectivity index (χ0v) is 12.6. The first kappa shape index (κ1) is 14.1. The van der Waals surface area contributed by atoms with Gasteiger partial charge in [-0.2, -0.15) is 0 Å². The first-order chi connectivity index (χ1) is 10.1. The molecule has 3 rings (SSSR count). The number of aromatic nitrogens is 4. The molecular formula is C14H16N4O2S. The molecule has 0 fully saturated rings. The molecule has 0 bridgehead atoms.